The molecule has 0 saturated heterocycles. The molecule has 0 heterocycles. The lowest BCUT2D eigenvalue weighted by Gasteiger charge is -2.16. The summed E-state index contributed by atoms with van der Waals surface area (Å²) in [6.07, 6.45) is 20.4. The van der Waals surface area contributed by atoms with Gasteiger partial charge >= 0.3 is 7.82 Å². The Hall–Kier alpha value is -0.720. The lowest BCUT2D eigenvalue weighted by atomic mass is 10.1. The summed E-state index contributed by atoms with van der Waals surface area (Å²) in [5.41, 5.74) is 0. The number of aliphatic hydroxyl groups excluding tert-OH is 1. The number of allylic oxidation sites excluding steroid dienone is 2. The van der Waals surface area contributed by atoms with Crippen LogP contribution in [0.5, 0.6) is 0 Å². The van der Waals surface area contributed by atoms with Crippen molar-refractivity contribution in [2.45, 2.75) is 103 Å². The average Bonchev–Trinajstić information content (AvgIpc) is 2.67. The lowest BCUT2D eigenvalue weighted by Crippen LogP contribution is -2.40. The Labute approximate surface area is 176 Å². The number of nitrogens with one attached hydrogen (secondary N) is 1. The topological polar surface area (TPSA) is 116 Å². The number of aliphatic hydroxyl groups is 1. The second kappa shape index (κ2) is 19.3. The van der Waals surface area contributed by atoms with E-state index in [1.165, 1.54) is 51.4 Å². The molecule has 0 aromatic carbocycles. The first kappa shape index (κ1) is 28.3. The lowest BCUT2D eigenvalue weighted by molar-refractivity contribution is -0.122. The van der Waals surface area contributed by atoms with Crippen molar-refractivity contribution in [2.24, 2.45) is 0 Å². The van der Waals surface area contributed by atoms with Gasteiger partial charge in [-0.25, -0.2) is 4.57 Å². The number of carbonyl (C=O) groups excluding carboxylic acids is 1. The van der Waals surface area contributed by atoms with Crippen LogP contribution in [-0.2, 0) is 13.9 Å². The first-order valence-corrected chi connectivity index (χ1v) is 12.7. The fourth-order valence-corrected chi connectivity index (χ4v) is 3.36. The maximum atomic E-state index is 11.8. The molecule has 7 nitrogen and oxygen atoms in total. The quantitative estimate of drug-likeness (QED) is 0.126. The largest absolute Gasteiger partial charge is 0.469 e. The molecule has 0 aliphatic heterocycles. The molecular weight excluding hydrogens is 393 g/mol. The third-order valence-electron chi connectivity index (χ3n) is 4.70. The van der Waals surface area contributed by atoms with Gasteiger partial charge in [-0.15, -0.1) is 0 Å². The molecule has 0 fully saturated rings. The Kier molecular flexibility index (Phi) is 18.8. The highest BCUT2D eigenvalue weighted by atomic mass is 31.2. The van der Waals surface area contributed by atoms with Crippen molar-refractivity contribution < 1.29 is 28.8 Å². The summed E-state index contributed by atoms with van der Waals surface area (Å²) < 4.78 is 14.9. The normalized spacial score (nSPS) is 13.1. The summed E-state index contributed by atoms with van der Waals surface area (Å²) in [5.74, 6) is -0.240. The number of unbranched alkanes of at least 4 members (excludes halogenated alkanes) is 11. The highest BCUT2D eigenvalue weighted by molar-refractivity contribution is 7.46. The average molecular weight is 436 g/mol. The molecular formula is C21H42NO6P. The van der Waals surface area contributed by atoms with Gasteiger partial charge in [-0.3, -0.25) is 9.32 Å². The molecule has 8 heteroatoms. The number of carbonyl (C=O) groups is 1. The van der Waals surface area contributed by atoms with E-state index in [9.17, 15) is 9.36 Å². The zero-order chi connectivity index (χ0) is 21.8. The third-order valence-corrected chi connectivity index (χ3v) is 5.18. The van der Waals surface area contributed by atoms with E-state index in [1.807, 2.05) is 0 Å². The molecule has 4 N–H and O–H groups in total. The van der Waals surface area contributed by atoms with Crippen LogP contribution in [0, 0.1) is 0 Å². The Balaban J connectivity index is 3.49. The zero-order valence-electron chi connectivity index (χ0n) is 18.1. The van der Waals surface area contributed by atoms with E-state index in [4.69, 9.17) is 14.9 Å². The standard InChI is InChI=1S/C21H42NO6P/c1-2-3-4-5-6-7-8-9-10-11-12-13-14-15-16-17-21(24)22-20(18-23)19-28-29(25,26)27/h9-10,20,23H,2-8,11-19H2,1H3,(H,22,24)(H2,25,26,27)/b10-9+/t20-/m1/s1. The van der Waals surface area contributed by atoms with Gasteiger partial charge in [0.05, 0.1) is 19.3 Å². The molecule has 1 amide bonds. The molecule has 0 spiro atoms. The predicted molar refractivity (Wildman–Crippen MR) is 116 cm³/mol. The van der Waals surface area contributed by atoms with E-state index in [1.54, 1.807) is 0 Å². The van der Waals surface area contributed by atoms with E-state index < -0.39 is 27.1 Å². The maximum Gasteiger partial charge on any atom is 0.469 e. The maximum absolute atomic E-state index is 11.8. The van der Waals surface area contributed by atoms with Crippen molar-refractivity contribution in [3.63, 3.8) is 0 Å². The van der Waals surface area contributed by atoms with Crippen LogP contribution in [0.2, 0.25) is 0 Å². The molecule has 0 aliphatic carbocycles. The summed E-state index contributed by atoms with van der Waals surface area (Å²) in [6, 6.07) is -0.807. The van der Waals surface area contributed by atoms with Gasteiger partial charge < -0.3 is 20.2 Å². The van der Waals surface area contributed by atoms with Gasteiger partial charge in [-0.2, -0.15) is 0 Å². The van der Waals surface area contributed by atoms with Crippen LogP contribution in [0.1, 0.15) is 96.8 Å². The highest BCUT2D eigenvalue weighted by Crippen LogP contribution is 2.35. The van der Waals surface area contributed by atoms with Crippen LogP contribution in [0.25, 0.3) is 0 Å². The van der Waals surface area contributed by atoms with Crippen LogP contribution in [0.3, 0.4) is 0 Å². The number of phosphoric ester groups is 1. The number of phosphoric acid groups is 1. The molecule has 0 aromatic rings. The zero-order valence-corrected chi connectivity index (χ0v) is 19.0. The van der Waals surface area contributed by atoms with Gasteiger partial charge in [0.2, 0.25) is 5.91 Å². The van der Waals surface area contributed by atoms with Crippen LogP contribution in [-0.4, -0.2) is 40.1 Å². The summed E-state index contributed by atoms with van der Waals surface area (Å²) in [5, 5.41) is 11.6. The second-order valence-corrected chi connectivity index (χ2v) is 8.81. The third kappa shape index (κ3) is 21.8. The monoisotopic (exact) mass is 435 g/mol. The summed E-state index contributed by atoms with van der Waals surface area (Å²) in [4.78, 5) is 29.1. The van der Waals surface area contributed by atoms with Crippen molar-refractivity contribution in [1.29, 1.82) is 0 Å². The number of hydrogen-bond donors (Lipinski definition) is 4. The molecule has 0 unspecified atom stereocenters. The van der Waals surface area contributed by atoms with Crippen LogP contribution < -0.4 is 5.32 Å². The summed E-state index contributed by atoms with van der Waals surface area (Å²) >= 11 is 0. The van der Waals surface area contributed by atoms with Crippen LogP contribution in [0.15, 0.2) is 12.2 Å². The Bertz CT molecular complexity index is 466. The van der Waals surface area contributed by atoms with E-state index in [2.05, 4.69) is 28.9 Å². The predicted octanol–water partition coefficient (Wildman–Crippen LogP) is 4.61. The smallest absolute Gasteiger partial charge is 0.394 e. The van der Waals surface area contributed by atoms with Gasteiger partial charge in [0.25, 0.3) is 0 Å². The molecule has 0 bridgehead atoms. The molecule has 0 radical (unpaired) electrons. The fourth-order valence-electron chi connectivity index (χ4n) is 2.98. The Morgan fingerprint density at radius 3 is 1.97 bits per heavy atom. The van der Waals surface area contributed by atoms with Crippen molar-refractivity contribution in [3.8, 4) is 0 Å². The minimum Gasteiger partial charge on any atom is -0.394 e. The summed E-state index contributed by atoms with van der Waals surface area (Å²) in [6.45, 7) is 1.39. The number of hydrogen-bond acceptors (Lipinski definition) is 4. The molecule has 0 rings (SSSR count). The molecule has 0 saturated carbocycles. The first-order chi connectivity index (χ1) is 13.9. The van der Waals surface area contributed by atoms with Crippen molar-refractivity contribution >= 4 is 13.7 Å². The van der Waals surface area contributed by atoms with Crippen LogP contribution in [0.4, 0.5) is 0 Å². The fraction of sp³-hybridized carbons (Fsp3) is 0.857. The number of rotatable bonds is 20. The second-order valence-electron chi connectivity index (χ2n) is 7.57. The van der Waals surface area contributed by atoms with Gasteiger partial charge in [0.1, 0.15) is 0 Å². The van der Waals surface area contributed by atoms with Crippen LogP contribution >= 0.6 is 7.82 Å². The molecule has 0 aliphatic rings. The minimum absolute atomic E-state index is 0.240. The SMILES string of the molecule is CCCCCCCC/C=C/CCCCCCCC(=O)N[C@H](CO)COP(=O)(O)O. The van der Waals surface area contributed by atoms with Gasteiger partial charge in [0.15, 0.2) is 0 Å². The van der Waals surface area contributed by atoms with E-state index >= 15 is 0 Å². The first-order valence-electron chi connectivity index (χ1n) is 11.1. The van der Waals surface area contributed by atoms with Gasteiger partial charge in [0, 0.05) is 6.42 Å². The van der Waals surface area contributed by atoms with Crippen molar-refractivity contribution in [1.82, 2.24) is 5.32 Å². The van der Waals surface area contributed by atoms with E-state index in [0.717, 1.165) is 32.1 Å². The number of amides is 1. The molecule has 172 valence electrons. The Morgan fingerprint density at radius 2 is 1.45 bits per heavy atom. The Morgan fingerprint density at radius 1 is 0.931 bits per heavy atom. The highest BCUT2D eigenvalue weighted by Gasteiger charge is 2.19. The molecule has 1 atom stereocenters. The minimum atomic E-state index is -4.60. The van der Waals surface area contributed by atoms with E-state index in [0.29, 0.717) is 6.42 Å². The van der Waals surface area contributed by atoms with Crippen molar-refractivity contribution in [2.75, 3.05) is 13.2 Å². The molecule has 0 aromatic heterocycles. The molecule has 29 heavy (non-hydrogen) atoms. The van der Waals surface area contributed by atoms with Crippen molar-refractivity contribution in [3.05, 3.63) is 12.2 Å². The van der Waals surface area contributed by atoms with E-state index in [-0.39, 0.29) is 5.91 Å². The van der Waals surface area contributed by atoms with Gasteiger partial charge in [-0.05, 0) is 32.1 Å². The van der Waals surface area contributed by atoms with Gasteiger partial charge in [-0.1, -0.05) is 70.4 Å². The summed E-state index contributed by atoms with van der Waals surface area (Å²) in [7, 11) is -4.60.